The standard InChI is InChI=1S/C22H20N3S.ClHO4/c1-24(2)20-12-9-17(10-13-20)8-11-19-14-15-25-16-21(26-22(25)23-19)18-6-4-3-5-7-18;2-1(3,4)5/h3-16H,1-2H3;(H,2,3,4,5)/q+1;/p-1. The number of hydrogen-bond acceptors (Lipinski definition) is 7. The smallest absolute Gasteiger partial charge is 0.378 e. The van der Waals surface area contributed by atoms with Gasteiger partial charge in [0.1, 0.15) is 12.4 Å². The normalized spacial score (nSPS) is 11.4. The Morgan fingerprint density at radius 3 is 2.16 bits per heavy atom. The first kappa shape index (κ1) is 22.8. The first-order valence-electron chi connectivity index (χ1n) is 9.13. The number of thiazole rings is 1. The van der Waals surface area contributed by atoms with Gasteiger partial charge in [0.2, 0.25) is 0 Å². The van der Waals surface area contributed by atoms with Crippen LogP contribution in [0.2, 0.25) is 0 Å². The van der Waals surface area contributed by atoms with Gasteiger partial charge in [-0.15, -0.1) is 10.2 Å². The molecular formula is C22H20ClN3O4S. The van der Waals surface area contributed by atoms with Gasteiger partial charge in [-0.3, -0.25) is 0 Å². The molecule has 0 bridgehead atoms. The highest BCUT2D eigenvalue weighted by Crippen LogP contribution is 2.24. The van der Waals surface area contributed by atoms with Gasteiger partial charge in [-0.2, -0.15) is 4.40 Å². The lowest BCUT2D eigenvalue weighted by molar-refractivity contribution is -2.00. The molecule has 2 heterocycles. The van der Waals surface area contributed by atoms with Crippen molar-refractivity contribution in [3.8, 4) is 10.4 Å². The number of nitrogens with zero attached hydrogens (tertiary/aromatic N) is 3. The Balaban J connectivity index is 0.000000491. The molecule has 0 saturated carbocycles. The Kier molecular flexibility index (Phi) is 7.34. The minimum atomic E-state index is -4.94. The minimum Gasteiger partial charge on any atom is -0.378 e. The van der Waals surface area contributed by atoms with Crippen molar-refractivity contribution in [2.75, 3.05) is 19.0 Å². The van der Waals surface area contributed by atoms with Gasteiger partial charge in [-0.05, 0) is 45.7 Å². The molecule has 0 unspecified atom stereocenters. The van der Waals surface area contributed by atoms with Gasteiger partial charge in [0, 0.05) is 25.8 Å². The van der Waals surface area contributed by atoms with Crippen molar-refractivity contribution in [3.05, 3.63) is 84.3 Å². The van der Waals surface area contributed by atoms with Crippen LogP contribution in [0.1, 0.15) is 11.3 Å². The van der Waals surface area contributed by atoms with E-state index in [4.69, 9.17) is 23.6 Å². The third-order valence-corrected chi connectivity index (χ3v) is 5.27. The monoisotopic (exact) mass is 457 g/mol. The molecule has 2 aromatic heterocycles. The molecule has 9 heteroatoms. The third-order valence-electron chi connectivity index (χ3n) is 4.22. The number of fused-ring (bicyclic) bond motifs is 1. The van der Waals surface area contributed by atoms with E-state index in [0.29, 0.717) is 0 Å². The molecule has 7 nitrogen and oxygen atoms in total. The zero-order valence-corrected chi connectivity index (χ0v) is 18.4. The van der Waals surface area contributed by atoms with Gasteiger partial charge >= 0.3 is 4.96 Å². The highest BCUT2D eigenvalue weighted by Gasteiger charge is 2.12. The lowest BCUT2D eigenvalue weighted by Gasteiger charge is -2.17. The second-order valence-electron chi connectivity index (χ2n) is 6.70. The fraction of sp³-hybridized carbons (Fsp3) is 0.0909. The molecule has 4 rings (SSSR count). The van der Waals surface area contributed by atoms with Crippen molar-refractivity contribution in [3.63, 3.8) is 0 Å². The van der Waals surface area contributed by atoms with Crippen LogP contribution in [0.5, 0.6) is 0 Å². The van der Waals surface area contributed by atoms with Gasteiger partial charge in [0.15, 0.2) is 5.69 Å². The predicted octanol–water partition coefficient (Wildman–Crippen LogP) is 0.0292. The number of anilines is 1. The fourth-order valence-corrected chi connectivity index (χ4v) is 3.73. The Hall–Kier alpha value is -2.85. The topological polar surface area (TPSA) is 112 Å². The van der Waals surface area contributed by atoms with Crippen molar-refractivity contribution in [1.82, 2.24) is 4.98 Å². The van der Waals surface area contributed by atoms with Crippen LogP contribution in [-0.4, -0.2) is 19.1 Å². The van der Waals surface area contributed by atoms with Gasteiger partial charge in [0.25, 0.3) is 0 Å². The highest BCUT2D eigenvalue weighted by atomic mass is 35.7. The summed E-state index contributed by atoms with van der Waals surface area (Å²) in [4.78, 5) is 9.08. The molecule has 160 valence electrons. The molecule has 0 aliphatic rings. The first-order chi connectivity index (χ1) is 14.7. The molecule has 0 N–H and O–H groups in total. The maximum Gasteiger partial charge on any atom is 0.388 e. The van der Waals surface area contributed by atoms with Crippen LogP contribution in [0.4, 0.5) is 5.69 Å². The van der Waals surface area contributed by atoms with Crippen molar-refractivity contribution >= 4 is 34.1 Å². The van der Waals surface area contributed by atoms with E-state index in [1.165, 1.54) is 21.7 Å². The molecule has 31 heavy (non-hydrogen) atoms. The predicted molar refractivity (Wildman–Crippen MR) is 110 cm³/mol. The van der Waals surface area contributed by atoms with E-state index < -0.39 is 10.2 Å². The quantitative estimate of drug-likeness (QED) is 0.399. The zero-order chi connectivity index (χ0) is 22.4. The maximum absolute atomic E-state index is 8.49. The second-order valence-corrected chi connectivity index (χ2v) is 8.47. The van der Waals surface area contributed by atoms with Crippen LogP contribution in [0.25, 0.3) is 27.6 Å². The van der Waals surface area contributed by atoms with Crippen molar-refractivity contribution in [2.24, 2.45) is 0 Å². The Labute approximate surface area is 186 Å². The van der Waals surface area contributed by atoms with Crippen LogP contribution in [-0.2, 0) is 0 Å². The molecule has 2 aromatic carbocycles. The van der Waals surface area contributed by atoms with E-state index in [0.717, 1.165) is 10.7 Å². The highest BCUT2D eigenvalue weighted by molar-refractivity contribution is 7.19. The summed E-state index contributed by atoms with van der Waals surface area (Å²) < 4.78 is 36.1. The van der Waals surface area contributed by atoms with Crippen molar-refractivity contribution < 1.29 is 33.3 Å². The van der Waals surface area contributed by atoms with Crippen LogP contribution in [0, 0.1) is 10.2 Å². The van der Waals surface area contributed by atoms with Gasteiger partial charge in [0.05, 0.1) is 4.88 Å². The second kappa shape index (κ2) is 9.97. The summed E-state index contributed by atoms with van der Waals surface area (Å²) in [5.74, 6) is 0. The molecular weight excluding hydrogens is 438 g/mol. The summed E-state index contributed by atoms with van der Waals surface area (Å²) in [6, 6.07) is 21.0. The van der Waals surface area contributed by atoms with Crippen molar-refractivity contribution in [2.45, 2.75) is 0 Å². The molecule has 0 aliphatic carbocycles. The number of hydrogen-bond donors (Lipinski definition) is 0. The molecule has 0 aliphatic heterocycles. The van der Waals surface area contributed by atoms with Crippen molar-refractivity contribution in [1.29, 1.82) is 0 Å². The average molecular weight is 458 g/mol. The van der Waals surface area contributed by atoms with E-state index in [1.54, 1.807) is 11.3 Å². The zero-order valence-electron chi connectivity index (χ0n) is 16.8. The number of benzene rings is 2. The SMILES string of the molecule is CN(C)c1ccc(/C=C/c2cc[n+]3cc(-c4ccccc4)sc3n2)cc1.[O-][Cl+3]([O-])([O-])[O-]. The fourth-order valence-electron chi connectivity index (χ4n) is 2.74. The summed E-state index contributed by atoms with van der Waals surface area (Å²) in [6.07, 6.45) is 8.37. The number of aromatic nitrogens is 2. The lowest BCUT2D eigenvalue weighted by atomic mass is 10.2. The summed E-state index contributed by atoms with van der Waals surface area (Å²) in [6.45, 7) is 0. The Bertz CT molecular complexity index is 1150. The molecule has 0 atom stereocenters. The van der Waals surface area contributed by atoms with Crippen LogP contribution >= 0.6 is 11.3 Å². The first-order valence-corrected chi connectivity index (χ1v) is 11.2. The van der Waals surface area contributed by atoms with E-state index in [9.17, 15) is 0 Å². The van der Waals surface area contributed by atoms with Gasteiger partial charge < -0.3 is 4.90 Å². The summed E-state index contributed by atoms with van der Waals surface area (Å²) >= 11 is 1.70. The molecule has 4 aromatic rings. The maximum atomic E-state index is 8.49. The van der Waals surface area contributed by atoms with E-state index in [1.807, 2.05) is 26.2 Å². The number of halogens is 1. The molecule has 0 saturated heterocycles. The van der Waals surface area contributed by atoms with Crippen LogP contribution in [0.15, 0.2) is 73.1 Å². The summed E-state index contributed by atoms with van der Waals surface area (Å²) in [7, 11) is -0.848. The van der Waals surface area contributed by atoms with Crippen LogP contribution in [0.3, 0.4) is 0 Å². The summed E-state index contributed by atoms with van der Waals surface area (Å²) in [5, 5.41) is 0. The van der Waals surface area contributed by atoms with Crippen LogP contribution < -0.4 is 27.9 Å². The van der Waals surface area contributed by atoms with Gasteiger partial charge in [-0.25, -0.2) is 18.6 Å². The van der Waals surface area contributed by atoms with E-state index in [-0.39, 0.29) is 0 Å². The lowest BCUT2D eigenvalue weighted by Crippen LogP contribution is -2.68. The van der Waals surface area contributed by atoms with E-state index in [2.05, 4.69) is 82.4 Å². The molecule has 0 spiro atoms. The molecule has 0 fully saturated rings. The largest absolute Gasteiger partial charge is 0.388 e. The third kappa shape index (κ3) is 7.11. The van der Waals surface area contributed by atoms with E-state index >= 15 is 0 Å². The molecule has 0 amide bonds. The van der Waals surface area contributed by atoms with Gasteiger partial charge in [-0.1, -0.05) is 48.5 Å². The minimum absolute atomic E-state index is 0.961. The summed E-state index contributed by atoms with van der Waals surface area (Å²) in [5.41, 5.74) is 4.55. The average Bonchev–Trinajstić information content (AvgIpc) is 3.15. The molecule has 0 radical (unpaired) electrons. The number of rotatable bonds is 4. The Morgan fingerprint density at radius 2 is 1.55 bits per heavy atom. The Morgan fingerprint density at radius 1 is 0.903 bits per heavy atom.